The van der Waals surface area contributed by atoms with Crippen LogP contribution < -0.4 is 16.6 Å². The van der Waals surface area contributed by atoms with Crippen molar-refractivity contribution in [3.05, 3.63) is 63.3 Å². The molecule has 26 heavy (non-hydrogen) atoms. The number of primary amides is 1. The molecule has 1 aromatic heterocycles. The molecule has 136 valence electrons. The molecular weight excluding hydrogens is 357 g/mol. The average molecular weight is 375 g/mol. The quantitative estimate of drug-likeness (QED) is 0.694. The second kappa shape index (κ2) is 7.74. The number of nitrogens with one attached hydrogen (secondary N) is 2. The minimum Gasteiger partial charge on any atom is -0.365 e. The van der Waals surface area contributed by atoms with Crippen LogP contribution in [0.5, 0.6) is 0 Å². The minimum atomic E-state index is -0.795. The summed E-state index contributed by atoms with van der Waals surface area (Å²) in [5.74, 6) is -1.11. The van der Waals surface area contributed by atoms with Crippen LogP contribution in [-0.2, 0) is 11.2 Å². The van der Waals surface area contributed by atoms with E-state index in [2.05, 4.69) is 10.3 Å². The summed E-state index contributed by atoms with van der Waals surface area (Å²) in [5, 5.41) is 2.93. The number of nitrogens with two attached hydrogens (primary N) is 1. The fourth-order valence-corrected chi connectivity index (χ4v) is 3.70. The number of hydrogen-bond acceptors (Lipinski definition) is 4. The van der Waals surface area contributed by atoms with Crippen LogP contribution in [0.15, 0.2) is 40.0 Å². The number of halogens is 1. The van der Waals surface area contributed by atoms with Gasteiger partial charge in [-0.05, 0) is 55.2 Å². The van der Waals surface area contributed by atoms with Gasteiger partial charge in [0.05, 0.1) is 11.8 Å². The van der Waals surface area contributed by atoms with E-state index in [0.717, 1.165) is 22.6 Å². The van der Waals surface area contributed by atoms with Gasteiger partial charge in [0.2, 0.25) is 5.91 Å². The third-order valence-corrected chi connectivity index (χ3v) is 5.25. The molecule has 0 saturated heterocycles. The number of carbonyl (C=O) groups is 2. The summed E-state index contributed by atoms with van der Waals surface area (Å²) in [4.78, 5) is 39.0. The molecule has 0 fully saturated rings. The largest absolute Gasteiger partial charge is 0.365 e. The fourth-order valence-electron chi connectivity index (χ4n) is 2.99. The summed E-state index contributed by atoms with van der Waals surface area (Å²) in [7, 11) is 0. The smallest absolute Gasteiger partial charge is 0.261 e. The first-order valence-corrected chi connectivity index (χ1v) is 9.16. The molecular formula is C18H18FN3O3S. The molecule has 1 aliphatic rings. The summed E-state index contributed by atoms with van der Waals surface area (Å²) < 4.78 is 12.9. The van der Waals surface area contributed by atoms with Crippen LogP contribution in [0.2, 0.25) is 0 Å². The molecule has 2 amide bonds. The van der Waals surface area contributed by atoms with Gasteiger partial charge in [0.25, 0.3) is 11.5 Å². The zero-order valence-corrected chi connectivity index (χ0v) is 14.7. The summed E-state index contributed by atoms with van der Waals surface area (Å²) in [5.41, 5.74) is 6.08. The van der Waals surface area contributed by atoms with Crippen LogP contribution in [0.4, 0.5) is 4.39 Å². The van der Waals surface area contributed by atoms with Crippen molar-refractivity contribution in [2.75, 3.05) is 5.75 Å². The van der Waals surface area contributed by atoms with Crippen molar-refractivity contribution in [3.8, 4) is 0 Å². The lowest BCUT2D eigenvalue weighted by Gasteiger charge is -2.26. The third kappa shape index (κ3) is 4.13. The molecule has 1 aromatic carbocycles. The van der Waals surface area contributed by atoms with Crippen LogP contribution >= 0.6 is 11.8 Å². The van der Waals surface area contributed by atoms with Gasteiger partial charge in [-0.25, -0.2) is 4.39 Å². The van der Waals surface area contributed by atoms with Gasteiger partial charge in [-0.1, -0.05) is 0 Å². The predicted octanol–water partition coefficient (Wildman–Crippen LogP) is 1.90. The molecule has 2 aromatic rings. The standard InChI is InChI=1S/C18H18FN3O3S/c19-10-4-6-11(7-5-10)26-9-16(23)21-14-2-1-3-15-12(14)8-13(17(20)24)18(25)22-15/h4-8,14H,1-3,9H2,(H2,20,24)(H,21,23)(H,22,25). The van der Waals surface area contributed by atoms with Crippen molar-refractivity contribution >= 4 is 23.6 Å². The molecule has 0 radical (unpaired) electrons. The van der Waals surface area contributed by atoms with Gasteiger partial charge >= 0.3 is 0 Å². The molecule has 1 aliphatic carbocycles. The van der Waals surface area contributed by atoms with Gasteiger partial charge in [0.15, 0.2) is 0 Å². The highest BCUT2D eigenvalue weighted by molar-refractivity contribution is 8.00. The van der Waals surface area contributed by atoms with E-state index in [4.69, 9.17) is 5.73 Å². The Kier molecular flexibility index (Phi) is 5.41. The Morgan fingerprint density at radius 1 is 1.31 bits per heavy atom. The first kappa shape index (κ1) is 18.2. The number of carbonyl (C=O) groups excluding carboxylic acids is 2. The number of thioether (sulfide) groups is 1. The number of pyridine rings is 1. The number of aromatic nitrogens is 1. The number of aromatic amines is 1. The highest BCUT2D eigenvalue weighted by Crippen LogP contribution is 2.28. The second-order valence-corrected chi connectivity index (χ2v) is 7.11. The SMILES string of the molecule is NC(=O)c1cc2c([nH]c1=O)CCCC2NC(=O)CSc1ccc(F)cc1. The Labute approximate surface area is 153 Å². The lowest BCUT2D eigenvalue weighted by atomic mass is 9.90. The van der Waals surface area contributed by atoms with Crippen molar-refractivity contribution in [2.45, 2.75) is 30.2 Å². The van der Waals surface area contributed by atoms with Crippen LogP contribution in [0, 0.1) is 5.82 Å². The Morgan fingerprint density at radius 3 is 2.73 bits per heavy atom. The van der Waals surface area contributed by atoms with Crippen LogP contribution in [0.3, 0.4) is 0 Å². The second-order valence-electron chi connectivity index (χ2n) is 6.07. The number of H-pyrrole nitrogens is 1. The summed E-state index contributed by atoms with van der Waals surface area (Å²) in [6.45, 7) is 0. The van der Waals surface area contributed by atoms with E-state index in [-0.39, 0.29) is 29.1 Å². The number of benzene rings is 1. The first-order valence-electron chi connectivity index (χ1n) is 8.17. The average Bonchev–Trinajstić information content (AvgIpc) is 2.60. The Balaban J connectivity index is 1.70. The summed E-state index contributed by atoms with van der Waals surface area (Å²) in [6, 6.07) is 7.13. The van der Waals surface area contributed by atoms with Crippen LogP contribution in [0.1, 0.15) is 40.5 Å². The summed E-state index contributed by atoms with van der Waals surface area (Å²) >= 11 is 1.31. The van der Waals surface area contributed by atoms with Crippen molar-refractivity contribution in [1.82, 2.24) is 10.3 Å². The monoisotopic (exact) mass is 375 g/mol. The number of amides is 2. The van der Waals surface area contributed by atoms with E-state index in [0.29, 0.717) is 12.8 Å². The van der Waals surface area contributed by atoms with Gasteiger partial charge in [0, 0.05) is 10.6 Å². The molecule has 1 atom stereocenters. The van der Waals surface area contributed by atoms with Crippen LogP contribution in [-0.4, -0.2) is 22.6 Å². The first-order chi connectivity index (χ1) is 12.4. The Morgan fingerprint density at radius 2 is 2.04 bits per heavy atom. The van der Waals surface area contributed by atoms with Gasteiger partial charge in [-0.15, -0.1) is 11.8 Å². The lowest BCUT2D eigenvalue weighted by molar-refractivity contribution is -0.119. The Bertz CT molecular complexity index is 896. The van der Waals surface area contributed by atoms with Crippen molar-refractivity contribution < 1.29 is 14.0 Å². The number of hydrogen-bond donors (Lipinski definition) is 3. The van der Waals surface area contributed by atoms with Crippen molar-refractivity contribution in [1.29, 1.82) is 0 Å². The number of fused-ring (bicyclic) bond motifs is 1. The molecule has 8 heteroatoms. The highest BCUT2D eigenvalue weighted by Gasteiger charge is 2.24. The maximum absolute atomic E-state index is 12.9. The van der Waals surface area contributed by atoms with E-state index >= 15 is 0 Å². The summed E-state index contributed by atoms with van der Waals surface area (Å²) in [6.07, 6.45) is 2.21. The minimum absolute atomic E-state index is 0.106. The molecule has 4 N–H and O–H groups in total. The van der Waals surface area contributed by atoms with E-state index in [9.17, 15) is 18.8 Å². The van der Waals surface area contributed by atoms with Gasteiger partial charge in [-0.3, -0.25) is 14.4 Å². The van der Waals surface area contributed by atoms with Gasteiger partial charge in [0.1, 0.15) is 11.4 Å². The van der Waals surface area contributed by atoms with E-state index in [1.165, 1.54) is 30.0 Å². The van der Waals surface area contributed by atoms with E-state index < -0.39 is 11.5 Å². The molecule has 6 nitrogen and oxygen atoms in total. The normalized spacial score (nSPS) is 16.0. The Hall–Kier alpha value is -2.61. The number of aryl methyl sites for hydroxylation is 1. The zero-order valence-electron chi connectivity index (χ0n) is 13.9. The van der Waals surface area contributed by atoms with Gasteiger partial charge in [-0.2, -0.15) is 0 Å². The highest BCUT2D eigenvalue weighted by atomic mass is 32.2. The molecule has 0 spiro atoms. The molecule has 0 saturated carbocycles. The maximum atomic E-state index is 12.9. The number of rotatable bonds is 5. The maximum Gasteiger partial charge on any atom is 0.261 e. The third-order valence-electron chi connectivity index (χ3n) is 4.24. The topological polar surface area (TPSA) is 105 Å². The molecule has 1 heterocycles. The predicted molar refractivity (Wildman–Crippen MR) is 96.5 cm³/mol. The zero-order chi connectivity index (χ0) is 18.7. The van der Waals surface area contributed by atoms with E-state index in [1.807, 2.05) is 0 Å². The molecule has 1 unspecified atom stereocenters. The van der Waals surface area contributed by atoms with Crippen molar-refractivity contribution in [2.24, 2.45) is 5.73 Å². The van der Waals surface area contributed by atoms with Gasteiger partial charge < -0.3 is 16.0 Å². The fraction of sp³-hybridized carbons (Fsp3) is 0.278. The van der Waals surface area contributed by atoms with Crippen molar-refractivity contribution in [3.63, 3.8) is 0 Å². The molecule has 0 aliphatic heterocycles. The molecule has 0 bridgehead atoms. The lowest BCUT2D eigenvalue weighted by Crippen LogP contribution is -2.34. The van der Waals surface area contributed by atoms with E-state index in [1.54, 1.807) is 12.1 Å². The molecule has 3 rings (SSSR count). The van der Waals surface area contributed by atoms with Crippen LogP contribution in [0.25, 0.3) is 0 Å².